The molecule has 0 N–H and O–H groups in total. The molecule has 0 atom stereocenters. The van der Waals surface area contributed by atoms with E-state index in [1.54, 1.807) is 0 Å². The maximum Gasteiger partial charge on any atom is 0.229 e. The van der Waals surface area contributed by atoms with Crippen LogP contribution in [0.15, 0.2) is 0 Å². The van der Waals surface area contributed by atoms with Crippen molar-refractivity contribution in [1.29, 1.82) is 0 Å². The van der Waals surface area contributed by atoms with Gasteiger partial charge in [-0.1, -0.05) is 13.8 Å². The fourth-order valence-corrected chi connectivity index (χ4v) is 3.51. The van der Waals surface area contributed by atoms with Crippen molar-refractivity contribution in [3.05, 3.63) is 11.4 Å². The summed E-state index contributed by atoms with van der Waals surface area (Å²) < 4.78 is 5.47. The predicted octanol–water partition coefficient (Wildman–Crippen LogP) is 2.11. The van der Waals surface area contributed by atoms with Crippen LogP contribution in [-0.2, 0) is 4.74 Å². The number of morpholine rings is 1. The quantitative estimate of drug-likeness (QED) is 0.828. The van der Waals surface area contributed by atoms with E-state index in [2.05, 4.69) is 23.6 Å². The summed E-state index contributed by atoms with van der Waals surface area (Å²) in [6, 6.07) is 0. The Labute approximate surface area is 148 Å². The first-order valence-corrected chi connectivity index (χ1v) is 9.04. The van der Waals surface area contributed by atoms with Gasteiger partial charge in [-0.3, -0.25) is 0 Å². The van der Waals surface area contributed by atoms with Gasteiger partial charge in [-0.25, -0.2) is 9.97 Å². The number of hydrogen-bond acceptors (Lipinski definition) is 7. The number of rotatable bonds is 2. The van der Waals surface area contributed by atoms with E-state index in [0.717, 1.165) is 61.3 Å². The minimum atomic E-state index is 0.295. The van der Waals surface area contributed by atoms with Crippen molar-refractivity contribution in [2.24, 2.45) is 5.41 Å². The molecule has 0 aliphatic carbocycles. The molecule has 2 aromatic heterocycles. The van der Waals surface area contributed by atoms with Crippen LogP contribution in [0.25, 0.3) is 11.2 Å². The Hall–Kier alpha value is -2.02. The molecule has 0 saturated carbocycles. The number of nitrogens with zero attached hydrogens (tertiary/aromatic N) is 6. The lowest BCUT2D eigenvalue weighted by atomic mass is 9.93. The van der Waals surface area contributed by atoms with Crippen molar-refractivity contribution in [2.45, 2.75) is 34.1 Å². The van der Waals surface area contributed by atoms with Crippen LogP contribution < -0.4 is 9.80 Å². The van der Waals surface area contributed by atoms with Crippen LogP contribution in [0, 0.1) is 19.3 Å². The summed E-state index contributed by atoms with van der Waals surface area (Å²) in [7, 11) is 0. The highest BCUT2D eigenvalue weighted by molar-refractivity contribution is 5.84. The molecule has 7 heteroatoms. The maximum absolute atomic E-state index is 5.47. The number of anilines is 2. The molecule has 2 saturated heterocycles. The number of fused-ring (bicyclic) bond motifs is 1. The summed E-state index contributed by atoms with van der Waals surface area (Å²) in [4.78, 5) is 23.7. The molecular weight excluding hydrogens is 316 g/mol. The minimum absolute atomic E-state index is 0.295. The molecule has 2 aliphatic heterocycles. The summed E-state index contributed by atoms with van der Waals surface area (Å²) in [6.07, 6.45) is 1.16. The van der Waals surface area contributed by atoms with Crippen molar-refractivity contribution in [3.63, 3.8) is 0 Å². The van der Waals surface area contributed by atoms with Crippen LogP contribution in [0.1, 0.15) is 31.7 Å². The smallest absolute Gasteiger partial charge is 0.229 e. The summed E-state index contributed by atoms with van der Waals surface area (Å²) in [6.45, 7) is 13.6. The third-order valence-corrected chi connectivity index (χ3v) is 5.18. The second kappa shape index (κ2) is 6.05. The first-order chi connectivity index (χ1) is 11.9. The van der Waals surface area contributed by atoms with Crippen LogP contribution in [0.2, 0.25) is 0 Å². The molecule has 0 bridgehead atoms. The average Bonchev–Trinajstić information content (AvgIpc) is 2.96. The normalized spacial score (nSPS) is 20.5. The summed E-state index contributed by atoms with van der Waals surface area (Å²) in [5, 5.41) is 0. The van der Waals surface area contributed by atoms with Gasteiger partial charge in [0.2, 0.25) is 5.95 Å². The zero-order valence-corrected chi connectivity index (χ0v) is 15.5. The number of aromatic nitrogens is 4. The van der Waals surface area contributed by atoms with Gasteiger partial charge >= 0.3 is 0 Å². The Morgan fingerprint density at radius 2 is 1.60 bits per heavy atom. The molecule has 7 nitrogen and oxygen atoms in total. The average molecular weight is 342 g/mol. The second-order valence-corrected chi connectivity index (χ2v) is 7.85. The summed E-state index contributed by atoms with van der Waals surface area (Å²) in [5.74, 6) is 1.67. The van der Waals surface area contributed by atoms with Crippen LogP contribution >= 0.6 is 0 Å². The van der Waals surface area contributed by atoms with Crippen molar-refractivity contribution < 1.29 is 4.74 Å². The third kappa shape index (κ3) is 3.13. The molecule has 0 spiro atoms. The lowest BCUT2D eigenvalue weighted by Crippen LogP contribution is -2.37. The number of ether oxygens (including phenoxy) is 1. The van der Waals surface area contributed by atoms with E-state index in [1.165, 1.54) is 0 Å². The van der Waals surface area contributed by atoms with Gasteiger partial charge in [-0.05, 0) is 25.7 Å². The lowest BCUT2D eigenvalue weighted by Gasteiger charge is -2.28. The first-order valence-electron chi connectivity index (χ1n) is 9.04. The molecule has 4 rings (SSSR count). The van der Waals surface area contributed by atoms with Crippen LogP contribution in [0.4, 0.5) is 11.8 Å². The Kier molecular flexibility index (Phi) is 3.98. The zero-order chi connectivity index (χ0) is 17.6. The van der Waals surface area contributed by atoms with Gasteiger partial charge in [0.25, 0.3) is 0 Å². The van der Waals surface area contributed by atoms with Gasteiger partial charge in [0, 0.05) is 26.2 Å². The molecule has 2 aromatic rings. The Bertz CT molecular complexity index is 800. The monoisotopic (exact) mass is 342 g/mol. The Morgan fingerprint density at radius 1 is 0.880 bits per heavy atom. The molecule has 2 fully saturated rings. The molecule has 2 aliphatic rings. The van der Waals surface area contributed by atoms with Crippen molar-refractivity contribution in [2.75, 3.05) is 49.2 Å². The minimum Gasteiger partial charge on any atom is -0.378 e. The fraction of sp³-hybridized carbons (Fsp3) is 0.667. The van der Waals surface area contributed by atoms with E-state index in [4.69, 9.17) is 24.7 Å². The van der Waals surface area contributed by atoms with Crippen molar-refractivity contribution >= 4 is 22.9 Å². The Morgan fingerprint density at radius 3 is 2.28 bits per heavy atom. The predicted molar refractivity (Wildman–Crippen MR) is 98.2 cm³/mol. The van der Waals surface area contributed by atoms with Crippen LogP contribution in [0.5, 0.6) is 0 Å². The SMILES string of the molecule is Cc1nc2nc(N3CCOCC3)nc(N3CCC(C)(C)C3)c2nc1C. The lowest BCUT2D eigenvalue weighted by molar-refractivity contribution is 0.122. The summed E-state index contributed by atoms with van der Waals surface area (Å²) >= 11 is 0. The maximum atomic E-state index is 5.47. The second-order valence-electron chi connectivity index (χ2n) is 7.85. The zero-order valence-electron chi connectivity index (χ0n) is 15.5. The van der Waals surface area contributed by atoms with Crippen molar-refractivity contribution in [3.8, 4) is 0 Å². The third-order valence-electron chi connectivity index (χ3n) is 5.18. The molecule has 4 heterocycles. The van der Waals surface area contributed by atoms with Gasteiger partial charge < -0.3 is 14.5 Å². The van der Waals surface area contributed by atoms with E-state index >= 15 is 0 Å². The number of aryl methyl sites for hydroxylation is 2. The Balaban J connectivity index is 1.84. The van der Waals surface area contributed by atoms with Gasteiger partial charge in [-0.15, -0.1) is 0 Å². The van der Waals surface area contributed by atoms with Gasteiger partial charge in [0.05, 0.1) is 24.6 Å². The molecule has 0 radical (unpaired) electrons. The van der Waals surface area contributed by atoms with Gasteiger partial charge in [-0.2, -0.15) is 9.97 Å². The highest BCUT2D eigenvalue weighted by Gasteiger charge is 2.32. The summed E-state index contributed by atoms with van der Waals surface area (Å²) in [5.41, 5.74) is 3.67. The molecule has 0 unspecified atom stereocenters. The van der Waals surface area contributed by atoms with Crippen LogP contribution in [0.3, 0.4) is 0 Å². The van der Waals surface area contributed by atoms with Crippen molar-refractivity contribution in [1.82, 2.24) is 19.9 Å². The number of hydrogen-bond donors (Lipinski definition) is 0. The van der Waals surface area contributed by atoms with E-state index < -0.39 is 0 Å². The van der Waals surface area contributed by atoms with Crippen LogP contribution in [-0.4, -0.2) is 59.3 Å². The molecule has 25 heavy (non-hydrogen) atoms. The topological polar surface area (TPSA) is 67.3 Å². The highest BCUT2D eigenvalue weighted by Crippen LogP contribution is 2.34. The standard InChI is InChI=1S/C18H26N6O/c1-12-13(2)20-15-14(19-12)16(24-6-5-18(3,4)11-24)22-17(21-15)23-7-9-25-10-8-23/h5-11H2,1-4H3. The van der Waals surface area contributed by atoms with E-state index in [1.807, 2.05) is 13.8 Å². The van der Waals surface area contributed by atoms with E-state index in [9.17, 15) is 0 Å². The molecular formula is C18H26N6O. The molecule has 134 valence electrons. The van der Waals surface area contributed by atoms with E-state index in [0.29, 0.717) is 24.3 Å². The molecule has 0 amide bonds. The largest absolute Gasteiger partial charge is 0.378 e. The fourth-order valence-electron chi connectivity index (χ4n) is 3.51. The highest BCUT2D eigenvalue weighted by atomic mass is 16.5. The first kappa shape index (κ1) is 16.4. The molecule has 0 aromatic carbocycles. The van der Waals surface area contributed by atoms with Gasteiger partial charge in [0.1, 0.15) is 0 Å². The van der Waals surface area contributed by atoms with Gasteiger partial charge in [0.15, 0.2) is 17.0 Å². The van der Waals surface area contributed by atoms with E-state index in [-0.39, 0.29) is 0 Å².